The van der Waals surface area contributed by atoms with Crippen LogP contribution in [0.4, 0.5) is 8.78 Å². The number of benzene rings is 2. The maximum absolute atomic E-state index is 12.3. The van der Waals surface area contributed by atoms with Gasteiger partial charge in [0.1, 0.15) is 5.75 Å². The van der Waals surface area contributed by atoms with E-state index in [4.69, 9.17) is 0 Å². The summed E-state index contributed by atoms with van der Waals surface area (Å²) in [5, 5.41) is 3.26. The van der Waals surface area contributed by atoms with Crippen LogP contribution >= 0.6 is 0 Å². The lowest BCUT2D eigenvalue weighted by Gasteiger charge is -2.12. The zero-order valence-electron chi connectivity index (χ0n) is 12.2. The van der Waals surface area contributed by atoms with Gasteiger partial charge in [-0.15, -0.1) is 0 Å². The Morgan fingerprint density at radius 2 is 1.67 bits per heavy atom. The molecule has 0 heterocycles. The topological polar surface area (TPSA) is 21.3 Å². The second-order valence-corrected chi connectivity index (χ2v) is 5.09. The minimum Gasteiger partial charge on any atom is -0.434 e. The molecule has 0 fully saturated rings. The number of nitrogens with one attached hydrogen (secondary N) is 1. The van der Waals surface area contributed by atoms with E-state index in [2.05, 4.69) is 42.1 Å². The zero-order valence-corrected chi connectivity index (χ0v) is 12.2. The lowest BCUT2D eigenvalue weighted by molar-refractivity contribution is -0.0505. The number of hydrogen-bond donors (Lipinski definition) is 1. The van der Waals surface area contributed by atoms with Gasteiger partial charge in [-0.25, -0.2) is 0 Å². The van der Waals surface area contributed by atoms with E-state index in [9.17, 15) is 8.78 Å². The minimum absolute atomic E-state index is 0.223. The van der Waals surface area contributed by atoms with Crippen LogP contribution in [0.25, 0.3) is 0 Å². The molecule has 2 aromatic rings. The largest absolute Gasteiger partial charge is 0.434 e. The van der Waals surface area contributed by atoms with Gasteiger partial charge in [-0.3, -0.25) is 0 Å². The summed E-state index contributed by atoms with van der Waals surface area (Å²) in [5.74, 6) is 0.223. The Labute approximate surface area is 123 Å². The molecule has 2 nitrogen and oxygen atoms in total. The highest BCUT2D eigenvalue weighted by atomic mass is 19.3. The molecule has 0 amide bonds. The van der Waals surface area contributed by atoms with E-state index in [-0.39, 0.29) is 5.75 Å². The summed E-state index contributed by atoms with van der Waals surface area (Å²) < 4.78 is 29.2. The smallest absolute Gasteiger partial charge is 0.387 e. The second kappa shape index (κ2) is 7.18. The summed E-state index contributed by atoms with van der Waals surface area (Å²) in [7, 11) is 0. The summed E-state index contributed by atoms with van der Waals surface area (Å²) in [6.45, 7) is 2.48. The van der Waals surface area contributed by atoms with Gasteiger partial charge in [0.2, 0.25) is 0 Å². The van der Waals surface area contributed by atoms with Gasteiger partial charge in [0, 0.05) is 18.7 Å². The fraction of sp³-hybridized carbons (Fsp3) is 0.294. The Hall–Kier alpha value is -1.94. The van der Waals surface area contributed by atoms with Gasteiger partial charge >= 0.3 is 6.61 Å². The van der Waals surface area contributed by atoms with Crippen molar-refractivity contribution in [3.8, 4) is 5.75 Å². The first kappa shape index (κ1) is 15.4. The van der Waals surface area contributed by atoms with Crippen LogP contribution in [-0.2, 0) is 13.1 Å². The van der Waals surface area contributed by atoms with Crippen LogP contribution < -0.4 is 10.1 Å². The standard InChI is InChI=1S/C17H19F2NO/c1-12-7-13(2)9-14(8-12)10-20-11-15-5-3-4-6-16(15)21-17(18)19/h3-9,17,20H,10-11H2,1-2H3. The predicted octanol–water partition coefficient (Wildman–Crippen LogP) is 4.19. The van der Waals surface area contributed by atoms with E-state index in [1.807, 2.05) is 6.07 Å². The van der Waals surface area contributed by atoms with Gasteiger partial charge in [0.25, 0.3) is 0 Å². The molecule has 0 saturated heterocycles. The van der Waals surface area contributed by atoms with Crippen LogP contribution in [0.3, 0.4) is 0 Å². The van der Waals surface area contributed by atoms with Crippen LogP contribution in [-0.4, -0.2) is 6.61 Å². The molecular formula is C17H19F2NO. The van der Waals surface area contributed by atoms with Crippen molar-refractivity contribution in [2.24, 2.45) is 0 Å². The van der Waals surface area contributed by atoms with Crippen molar-refractivity contribution in [3.63, 3.8) is 0 Å². The molecule has 0 saturated carbocycles. The summed E-state index contributed by atoms with van der Waals surface area (Å²) in [4.78, 5) is 0. The van der Waals surface area contributed by atoms with Crippen LogP contribution in [0.15, 0.2) is 42.5 Å². The van der Waals surface area contributed by atoms with Crippen molar-refractivity contribution in [3.05, 3.63) is 64.7 Å². The molecule has 0 unspecified atom stereocenters. The highest BCUT2D eigenvalue weighted by Crippen LogP contribution is 2.20. The van der Waals surface area contributed by atoms with Crippen molar-refractivity contribution < 1.29 is 13.5 Å². The predicted molar refractivity (Wildman–Crippen MR) is 79.5 cm³/mol. The van der Waals surface area contributed by atoms with Gasteiger partial charge in [-0.2, -0.15) is 8.78 Å². The summed E-state index contributed by atoms with van der Waals surface area (Å²) in [6.07, 6.45) is 0. The average Bonchev–Trinajstić information content (AvgIpc) is 2.39. The highest BCUT2D eigenvalue weighted by Gasteiger charge is 2.08. The Bertz CT molecular complexity index is 579. The van der Waals surface area contributed by atoms with Crippen LogP contribution in [0.1, 0.15) is 22.3 Å². The Kier molecular flexibility index (Phi) is 5.28. The maximum Gasteiger partial charge on any atom is 0.387 e. The third kappa shape index (κ3) is 4.83. The van der Waals surface area contributed by atoms with Crippen LogP contribution in [0.2, 0.25) is 0 Å². The van der Waals surface area contributed by atoms with E-state index in [0.717, 1.165) is 5.56 Å². The summed E-state index contributed by atoms with van der Waals surface area (Å²) in [5.41, 5.74) is 4.34. The van der Waals surface area contributed by atoms with E-state index < -0.39 is 6.61 Å². The van der Waals surface area contributed by atoms with Crippen molar-refractivity contribution in [2.45, 2.75) is 33.5 Å². The van der Waals surface area contributed by atoms with Gasteiger partial charge in [0.05, 0.1) is 0 Å². The monoisotopic (exact) mass is 291 g/mol. The van der Waals surface area contributed by atoms with Crippen molar-refractivity contribution in [1.82, 2.24) is 5.32 Å². The molecule has 2 rings (SSSR count). The van der Waals surface area contributed by atoms with Gasteiger partial charge < -0.3 is 10.1 Å². The highest BCUT2D eigenvalue weighted by molar-refractivity contribution is 5.33. The normalized spacial score (nSPS) is 10.9. The van der Waals surface area contributed by atoms with E-state index in [1.54, 1.807) is 18.2 Å². The number of halogens is 2. The van der Waals surface area contributed by atoms with Crippen molar-refractivity contribution in [1.29, 1.82) is 0 Å². The first-order valence-corrected chi connectivity index (χ1v) is 6.85. The molecule has 112 valence electrons. The third-order valence-corrected chi connectivity index (χ3v) is 3.11. The van der Waals surface area contributed by atoms with Crippen molar-refractivity contribution >= 4 is 0 Å². The molecule has 0 spiro atoms. The molecular weight excluding hydrogens is 272 g/mol. The quantitative estimate of drug-likeness (QED) is 0.861. The number of alkyl halides is 2. The molecule has 0 aromatic heterocycles. The Morgan fingerprint density at radius 1 is 1.00 bits per heavy atom. The van der Waals surface area contributed by atoms with Crippen LogP contribution in [0, 0.1) is 13.8 Å². The molecule has 0 aliphatic heterocycles. The number of rotatable bonds is 6. The number of aryl methyl sites for hydroxylation is 2. The first-order valence-electron chi connectivity index (χ1n) is 6.85. The molecule has 1 N–H and O–H groups in total. The van der Waals surface area contributed by atoms with Gasteiger partial charge in [0.15, 0.2) is 0 Å². The molecule has 0 aliphatic rings. The maximum atomic E-state index is 12.3. The molecule has 0 bridgehead atoms. The molecule has 2 aromatic carbocycles. The third-order valence-electron chi connectivity index (χ3n) is 3.11. The van der Waals surface area contributed by atoms with E-state index >= 15 is 0 Å². The van der Waals surface area contributed by atoms with Crippen LogP contribution in [0.5, 0.6) is 5.75 Å². The number of ether oxygens (including phenoxy) is 1. The number of para-hydroxylation sites is 1. The van der Waals surface area contributed by atoms with Crippen molar-refractivity contribution in [2.75, 3.05) is 0 Å². The van der Waals surface area contributed by atoms with E-state index in [1.165, 1.54) is 16.7 Å². The fourth-order valence-electron chi connectivity index (χ4n) is 2.37. The summed E-state index contributed by atoms with van der Waals surface area (Å²) >= 11 is 0. The van der Waals surface area contributed by atoms with Gasteiger partial charge in [-0.1, -0.05) is 47.5 Å². The lowest BCUT2D eigenvalue weighted by Crippen LogP contribution is -2.14. The van der Waals surface area contributed by atoms with Gasteiger partial charge in [-0.05, 0) is 25.5 Å². The molecule has 0 aliphatic carbocycles. The lowest BCUT2D eigenvalue weighted by atomic mass is 10.1. The molecule has 0 atom stereocenters. The summed E-state index contributed by atoms with van der Waals surface area (Å²) in [6, 6.07) is 13.2. The average molecular weight is 291 g/mol. The Balaban J connectivity index is 1.97. The Morgan fingerprint density at radius 3 is 2.33 bits per heavy atom. The molecule has 0 radical (unpaired) electrons. The fourth-order valence-corrected chi connectivity index (χ4v) is 2.37. The number of hydrogen-bond acceptors (Lipinski definition) is 2. The SMILES string of the molecule is Cc1cc(C)cc(CNCc2ccccc2OC(F)F)c1. The zero-order chi connectivity index (χ0) is 15.2. The first-order chi connectivity index (χ1) is 10.0. The van der Waals surface area contributed by atoms with E-state index in [0.29, 0.717) is 13.1 Å². The second-order valence-electron chi connectivity index (χ2n) is 5.09. The molecule has 21 heavy (non-hydrogen) atoms. The molecule has 4 heteroatoms. The minimum atomic E-state index is -2.80.